The number of anilines is 1. The number of thioether (sulfide) groups is 1. The molecule has 0 amide bonds. The molecule has 0 fully saturated rings. The van der Waals surface area contributed by atoms with Crippen molar-refractivity contribution in [2.45, 2.75) is 14.6 Å². The number of alkyl halides is 3. The SMILES string of the molecule is O=S(=O)(Nc1ccc(SC(F)(F)F)c(Cl)c1)c1ccc(Br)s1. The molecule has 0 bridgehead atoms. The standard InChI is InChI=1S/C11H6BrClF3NO2S3/c12-9-3-4-10(20-9)22(18,19)17-6-1-2-8(7(13)5-6)21-11(14,15)16/h1-5,17H. The van der Waals surface area contributed by atoms with Crippen LogP contribution in [0.25, 0.3) is 0 Å². The van der Waals surface area contributed by atoms with Gasteiger partial charge in [-0.15, -0.1) is 11.3 Å². The summed E-state index contributed by atoms with van der Waals surface area (Å²) in [7, 11) is -3.81. The van der Waals surface area contributed by atoms with E-state index in [4.69, 9.17) is 11.6 Å². The van der Waals surface area contributed by atoms with E-state index in [0.717, 1.165) is 23.5 Å². The van der Waals surface area contributed by atoms with Crippen LogP contribution in [0.1, 0.15) is 0 Å². The van der Waals surface area contributed by atoms with E-state index >= 15 is 0 Å². The van der Waals surface area contributed by atoms with Crippen LogP contribution in [0.5, 0.6) is 0 Å². The summed E-state index contributed by atoms with van der Waals surface area (Å²) in [6.07, 6.45) is 0. The molecule has 2 rings (SSSR count). The van der Waals surface area contributed by atoms with Crippen molar-refractivity contribution in [2.24, 2.45) is 0 Å². The first-order valence-corrected chi connectivity index (χ1v) is 9.69. The van der Waals surface area contributed by atoms with Crippen LogP contribution in [0.15, 0.2) is 43.2 Å². The van der Waals surface area contributed by atoms with Gasteiger partial charge in [0.25, 0.3) is 10.0 Å². The van der Waals surface area contributed by atoms with Crippen LogP contribution >= 0.6 is 50.6 Å². The van der Waals surface area contributed by atoms with Gasteiger partial charge in [0.05, 0.1) is 14.5 Å². The number of rotatable bonds is 4. The van der Waals surface area contributed by atoms with Gasteiger partial charge >= 0.3 is 5.51 Å². The zero-order valence-corrected chi connectivity index (χ0v) is 15.1. The van der Waals surface area contributed by atoms with Gasteiger partial charge in [0.1, 0.15) is 4.21 Å². The van der Waals surface area contributed by atoms with E-state index in [-0.39, 0.29) is 31.6 Å². The van der Waals surface area contributed by atoms with Gasteiger partial charge in [-0.2, -0.15) is 13.2 Å². The fourth-order valence-electron chi connectivity index (χ4n) is 1.42. The van der Waals surface area contributed by atoms with Crippen LogP contribution in [0.2, 0.25) is 5.02 Å². The first-order valence-electron chi connectivity index (χ1n) is 5.40. The van der Waals surface area contributed by atoms with E-state index in [1.54, 1.807) is 6.07 Å². The molecule has 120 valence electrons. The number of nitrogens with one attached hydrogen (secondary N) is 1. The Kier molecular flexibility index (Phi) is 5.38. The van der Waals surface area contributed by atoms with Gasteiger partial charge in [0, 0.05) is 4.90 Å². The van der Waals surface area contributed by atoms with E-state index in [2.05, 4.69) is 20.7 Å². The first-order chi connectivity index (χ1) is 10.1. The lowest BCUT2D eigenvalue weighted by molar-refractivity contribution is -0.0328. The van der Waals surface area contributed by atoms with Crippen LogP contribution in [0.4, 0.5) is 18.9 Å². The Morgan fingerprint density at radius 1 is 1.23 bits per heavy atom. The molecular weight excluding hydrogens is 447 g/mol. The van der Waals surface area contributed by atoms with Crippen LogP contribution in [-0.2, 0) is 10.0 Å². The molecule has 0 saturated carbocycles. The Morgan fingerprint density at radius 3 is 2.41 bits per heavy atom. The third kappa shape index (κ3) is 4.79. The van der Waals surface area contributed by atoms with E-state index < -0.39 is 15.5 Å². The molecule has 22 heavy (non-hydrogen) atoms. The molecule has 1 heterocycles. The molecule has 0 unspecified atom stereocenters. The monoisotopic (exact) mass is 451 g/mol. The molecule has 1 aromatic carbocycles. The third-order valence-electron chi connectivity index (χ3n) is 2.22. The van der Waals surface area contributed by atoms with Crippen LogP contribution < -0.4 is 4.72 Å². The van der Waals surface area contributed by atoms with Crippen LogP contribution in [-0.4, -0.2) is 13.9 Å². The first kappa shape index (κ1) is 17.9. The Bertz CT molecular complexity index is 792. The van der Waals surface area contributed by atoms with Crippen LogP contribution in [0.3, 0.4) is 0 Å². The number of hydrogen-bond donors (Lipinski definition) is 1. The summed E-state index contributed by atoms with van der Waals surface area (Å²) in [5.74, 6) is 0. The van der Waals surface area contributed by atoms with Crippen molar-refractivity contribution < 1.29 is 21.6 Å². The molecule has 0 aliphatic carbocycles. The fraction of sp³-hybridized carbons (Fsp3) is 0.0909. The lowest BCUT2D eigenvalue weighted by Gasteiger charge is -2.10. The minimum Gasteiger partial charge on any atom is -0.279 e. The van der Waals surface area contributed by atoms with Crippen molar-refractivity contribution in [1.82, 2.24) is 0 Å². The molecule has 3 nitrogen and oxygen atoms in total. The largest absolute Gasteiger partial charge is 0.446 e. The number of hydrogen-bond acceptors (Lipinski definition) is 4. The normalized spacial score (nSPS) is 12.4. The van der Waals surface area contributed by atoms with Gasteiger partial charge in [-0.05, 0) is 58.0 Å². The highest BCUT2D eigenvalue weighted by molar-refractivity contribution is 9.11. The molecule has 0 radical (unpaired) electrons. The quantitative estimate of drug-likeness (QED) is 0.616. The maximum atomic E-state index is 12.3. The third-order valence-corrected chi connectivity index (χ3v) is 6.95. The molecule has 1 N–H and O–H groups in total. The molecule has 0 atom stereocenters. The maximum absolute atomic E-state index is 12.3. The number of thiophene rings is 1. The van der Waals surface area contributed by atoms with E-state index in [9.17, 15) is 21.6 Å². The topological polar surface area (TPSA) is 46.2 Å². The average molecular weight is 453 g/mol. The Morgan fingerprint density at radius 2 is 1.91 bits per heavy atom. The van der Waals surface area contributed by atoms with Crippen molar-refractivity contribution in [3.63, 3.8) is 0 Å². The smallest absolute Gasteiger partial charge is 0.279 e. The lowest BCUT2D eigenvalue weighted by Crippen LogP contribution is -2.11. The molecule has 2 aromatic rings. The highest BCUT2D eigenvalue weighted by Gasteiger charge is 2.30. The summed E-state index contributed by atoms with van der Waals surface area (Å²) >= 11 is 9.56. The Hall–Kier alpha value is -0.420. The minimum atomic E-state index is -4.46. The number of benzene rings is 1. The lowest BCUT2D eigenvalue weighted by atomic mass is 10.3. The summed E-state index contributed by atoms with van der Waals surface area (Å²) in [4.78, 5) is -0.198. The highest BCUT2D eigenvalue weighted by Crippen LogP contribution is 2.41. The second kappa shape index (κ2) is 6.60. The number of sulfonamides is 1. The van der Waals surface area contributed by atoms with Gasteiger partial charge in [-0.25, -0.2) is 8.42 Å². The summed E-state index contributed by atoms with van der Waals surface area (Å²) in [6.45, 7) is 0. The van der Waals surface area contributed by atoms with Crippen LogP contribution in [0, 0.1) is 0 Å². The molecular formula is C11H6BrClF3NO2S3. The molecule has 1 aromatic heterocycles. The predicted molar refractivity (Wildman–Crippen MR) is 86.2 cm³/mol. The molecule has 11 heteroatoms. The van der Waals surface area contributed by atoms with Gasteiger partial charge in [-0.1, -0.05) is 11.6 Å². The second-order valence-electron chi connectivity index (χ2n) is 3.86. The van der Waals surface area contributed by atoms with E-state index in [1.165, 1.54) is 12.1 Å². The van der Waals surface area contributed by atoms with E-state index in [0.29, 0.717) is 3.79 Å². The molecule has 0 saturated heterocycles. The summed E-state index contributed by atoms with van der Waals surface area (Å²) in [5.41, 5.74) is -4.38. The van der Waals surface area contributed by atoms with E-state index in [1.807, 2.05) is 0 Å². The highest BCUT2D eigenvalue weighted by atomic mass is 79.9. The van der Waals surface area contributed by atoms with Crippen molar-refractivity contribution in [3.05, 3.63) is 39.1 Å². The predicted octanol–water partition coefficient (Wildman–Crippen LogP) is 5.58. The van der Waals surface area contributed by atoms with Gasteiger partial charge in [0.15, 0.2) is 0 Å². The van der Waals surface area contributed by atoms with Gasteiger partial charge in [-0.3, -0.25) is 4.72 Å². The van der Waals surface area contributed by atoms with Crippen molar-refractivity contribution in [2.75, 3.05) is 4.72 Å². The second-order valence-corrected chi connectivity index (χ2v) is 9.74. The van der Waals surface area contributed by atoms with Gasteiger partial charge in [0.2, 0.25) is 0 Å². The molecule has 0 aliphatic rings. The van der Waals surface area contributed by atoms with Crippen molar-refractivity contribution in [3.8, 4) is 0 Å². The Labute approximate surface area is 146 Å². The zero-order valence-electron chi connectivity index (χ0n) is 10.3. The Balaban J connectivity index is 2.22. The molecule has 0 aliphatic heterocycles. The number of halogens is 5. The summed E-state index contributed by atoms with van der Waals surface area (Å²) < 4.78 is 64.1. The zero-order chi connectivity index (χ0) is 16.5. The minimum absolute atomic E-state index is 0.0734. The van der Waals surface area contributed by atoms with Crippen molar-refractivity contribution >= 4 is 66.3 Å². The average Bonchev–Trinajstić information content (AvgIpc) is 2.78. The van der Waals surface area contributed by atoms with Crippen molar-refractivity contribution in [1.29, 1.82) is 0 Å². The summed E-state index contributed by atoms with van der Waals surface area (Å²) in [6, 6.07) is 6.46. The fourth-order valence-corrected chi connectivity index (χ4v) is 5.32. The van der Waals surface area contributed by atoms with Gasteiger partial charge < -0.3 is 0 Å². The summed E-state index contributed by atoms with van der Waals surface area (Å²) in [5, 5.41) is -0.185. The maximum Gasteiger partial charge on any atom is 0.446 e. The molecule has 0 spiro atoms.